The van der Waals surface area contributed by atoms with Gasteiger partial charge in [-0.1, -0.05) is 12.1 Å². The highest BCUT2D eigenvalue weighted by atomic mass is 16.5. The highest BCUT2D eigenvalue weighted by Crippen LogP contribution is 2.25. The van der Waals surface area contributed by atoms with Crippen LogP contribution in [0.5, 0.6) is 5.75 Å². The van der Waals surface area contributed by atoms with E-state index in [9.17, 15) is 4.79 Å². The number of carbonyl (C=O) groups is 1. The third-order valence-corrected chi connectivity index (χ3v) is 3.14. The lowest BCUT2D eigenvalue weighted by molar-refractivity contribution is -0.129. The van der Waals surface area contributed by atoms with Crippen molar-refractivity contribution in [2.75, 3.05) is 20.7 Å². The van der Waals surface area contributed by atoms with Gasteiger partial charge in [0.1, 0.15) is 5.75 Å². The Kier molecular flexibility index (Phi) is 6.02. The van der Waals surface area contributed by atoms with E-state index in [4.69, 9.17) is 10.5 Å². The molecule has 0 radical (unpaired) electrons. The molecule has 0 spiro atoms. The number of hydrogen-bond acceptors (Lipinski definition) is 3. The maximum atomic E-state index is 11.5. The molecule has 1 rings (SSSR count). The monoisotopic (exact) mass is 278 g/mol. The van der Waals surface area contributed by atoms with Crippen molar-refractivity contribution in [2.45, 2.75) is 39.7 Å². The highest BCUT2D eigenvalue weighted by molar-refractivity contribution is 5.75. The molecule has 1 aromatic carbocycles. The van der Waals surface area contributed by atoms with Crippen LogP contribution in [0.1, 0.15) is 30.0 Å². The summed E-state index contributed by atoms with van der Waals surface area (Å²) in [5.74, 6) is 0.957. The van der Waals surface area contributed by atoms with Gasteiger partial charge in [0, 0.05) is 20.1 Å². The smallest absolute Gasteiger partial charge is 0.225 e. The predicted molar refractivity (Wildman–Crippen MR) is 82.1 cm³/mol. The number of rotatable bonds is 6. The van der Waals surface area contributed by atoms with Crippen LogP contribution in [0.2, 0.25) is 0 Å². The first-order valence-corrected chi connectivity index (χ1v) is 7.00. The third-order valence-electron chi connectivity index (χ3n) is 3.14. The first kappa shape index (κ1) is 16.5. The molecule has 0 aliphatic carbocycles. The van der Waals surface area contributed by atoms with Crippen LogP contribution >= 0.6 is 0 Å². The normalized spacial score (nSPS) is 12.1. The van der Waals surface area contributed by atoms with Gasteiger partial charge in [0.05, 0.1) is 13.0 Å². The van der Waals surface area contributed by atoms with Crippen LogP contribution in [0.3, 0.4) is 0 Å². The van der Waals surface area contributed by atoms with E-state index < -0.39 is 0 Å². The molecule has 0 aromatic heterocycles. The molecular weight excluding hydrogens is 252 g/mol. The van der Waals surface area contributed by atoms with E-state index in [0.29, 0.717) is 13.0 Å². The molecule has 0 fully saturated rings. The summed E-state index contributed by atoms with van der Waals surface area (Å²) < 4.78 is 5.77. The number of benzene rings is 1. The molecule has 0 aliphatic heterocycles. The van der Waals surface area contributed by atoms with E-state index in [1.807, 2.05) is 20.8 Å². The minimum Gasteiger partial charge on any atom is -0.493 e. The van der Waals surface area contributed by atoms with Gasteiger partial charge in [-0.25, -0.2) is 0 Å². The lowest BCUT2D eigenvalue weighted by Crippen LogP contribution is -2.23. The molecular formula is C16H26N2O2. The fraction of sp³-hybridized carbons (Fsp3) is 0.562. The second kappa shape index (κ2) is 7.29. The molecule has 0 heterocycles. The standard InChI is InChI=1S/C16H26N2O2/c1-11-8-14(10-13(3)17)9-12(2)16(11)20-7-6-15(19)18(4)5/h8-9,13H,6-7,10,17H2,1-5H3. The zero-order valence-electron chi connectivity index (χ0n) is 13.2. The number of amides is 1. The van der Waals surface area contributed by atoms with Gasteiger partial charge in [0.2, 0.25) is 5.91 Å². The average Bonchev–Trinajstić information content (AvgIpc) is 2.31. The van der Waals surface area contributed by atoms with Crippen molar-refractivity contribution in [3.05, 3.63) is 28.8 Å². The maximum Gasteiger partial charge on any atom is 0.225 e. The summed E-state index contributed by atoms with van der Waals surface area (Å²) in [5.41, 5.74) is 9.25. The van der Waals surface area contributed by atoms with E-state index in [2.05, 4.69) is 12.1 Å². The number of nitrogens with zero attached hydrogens (tertiary/aromatic N) is 1. The van der Waals surface area contributed by atoms with Crippen LogP contribution in [0.25, 0.3) is 0 Å². The molecule has 1 unspecified atom stereocenters. The van der Waals surface area contributed by atoms with Crippen LogP contribution in [-0.4, -0.2) is 37.6 Å². The quantitative estimate of drug-likeness (QED) is 0.866. The van der Waals surface area contributed by atoms with Crippen molar-refractivity contribution in [1.29, 1.82) is 0 Å². The van der Waals surface area contributed by atoms with Crippen molar-refractivity contribution in [3.63, 3.8) is 0 Å². The number of nitrogens with two attached hydrogens (primary N) is 1. The van der Waals surface area contributed by atoms with Crippen molar-refractivity contribution < 1.29 is 9.53 Å². The van der Waals surface area contributed by atoms with Gasteiger partial charge in [0.25, 0.3) is 0 Å². The molecule has 1 amide bonds. The average molecular weight is 278 g/mol. The van der Waals surface area contributed by atoms with Crippen LogP contribution in [0.4, 0.5) is 0 Å². The first-order valence-electron chi connectivity index (χ1n) is 7.00. The fourth-order valence-electron chi connectivity index (χ4n) is 2.22. The Hall–Kier alpha value is -1.55. The van der Waals surface area contributed by atoms with Crippen LogP contribution in [0, 0.1) is 13.8 Å². The summed E-state index contributed by atoms with van der Waals surface area (Å²) in [6.07, 6.45) is 1.26. The van der Waals surface area contributed by atoms with Gasteiger partial charge >= 0.3 is 0 Å². The Morgan fingerprint density at radius 2 is 1.85 bits per heavy atom. The highest BCUT2D eigenvalue weighted by Gasteiger charge is 2.09. The summed E-state index contributed by atoms with van der Waals surface area (Å²) in [6, 6.07) is 4.37. The van der Waals surface area contributed by atoms with Crippen molar-refractivity contribution in [1.82, 2.24) is 4.90 Å². The van der Waals surface area contributed by atoms with Gasteiger partial charge in [-0.05, 0) is 43.9 Å². The van der Waals surface area contributed by atoms with Gasteiger partial charge in [-0.2, -0.15) is 0 Å². The molecule has 20 heavy (non-hydrogen) atoms. The number of aryl methyl sites for hydroxylation is 2. The molecule has 4 nitrogen and oxygen atoms in total. The molecule has 1 aromatic rings. The fourth-order valence-corrected chi connectivity index (χ4v) is 2.22. The molecule has 0 saturated carbocycles. The second-order valence-corrected chi connectivity index (χ2v) is 5.63. The zero-order chi connectivity index (χ0) is 15.3. The molecule has 2 N–H and O–H groups in total. The Labute approximate surface area is 121 Å². The third kappa shape index (κ3) is 4.85. The van der Waals surface area contributed by atoms with Gasteiger partial charge in [0.15, 0.2) is 0 Å². The lowest BCUT2D eigenvalue weighted by atomic mass is 10.0. The van der Waals surface area contributed by atoms with Gasteiger partial charge in [-0.15, -0.1) is 0 Å². The maximum absolute atomic E-state index is 11.5. The minimum atomic E-state index is 0.0777. The predicted octanol–water partition coefficient (Wildman–Crippen LogP) is 2.05. The van der Waals surface area contributed by atoms with E-state index in [1.165, 1.54) is 5.56 Å². The Morgan fingerprint density at radius 1 is 1.30 bits per heavy atom. The summed E-state index contributed by atoms with van der Waals surface area (Å²) in [5, 5.41) is 0. The molecule has 0 saturated heterocycles. The molecule has 112 valence electrons. The van der Waals surface area contributed by atoms with Crippen molar-refractivity contribution in [3.8, 4) is 5.75 Å². The minimum absolute atomic E-state index is 0.0777. The Balaban J connectivity index is 2.69. The van der Waals surface area contributed by atoms with Crippen LogP contribution < -0.4 is 10.5 Å². The summed E-state index contributed by atoms with van der Waals surface area (Å²) >= 11 is 0. The van der Waals surface area contributed by atoms with E-state index in [-0.39, 0.29) is 11.9 Å². The first-order chi connectivity index (χ1) is 9.31. The van der Waals surface area contributed by atoms with E-state index in [1.54, 1.807) is 19.0 Å². The number of hydrogen-bond donors (Lipinski definition) is 1. The van der Waals surface area contributed by atoms with Crippen molar-refractivity contribution in [2.24, 2.45) is 5.73 Å². The molecule has 1 atom stereocenters. The van der Waals surface area contributed by atoms with Crippen LogP contribution in [0.15, 0.2) is 12.1 Å². The number of ether oxygens (including phenoxy) is 1. The Bertz CT molecular complexity index is 445. The second-order valence-electron chi connectivity index (χ2n) is 5.63. The molecule has 0 aliphatic rings. The largest absolute Gasteiger partial charge is 0.493 e. The van der Waals surface area contributed by atoms with E-state index in [0.717, 1.165) is 23.3 Å². The van der Waals surface area contributed by atoms with Gasteiger partial charge < -0.3 is 15.4 Å². The zero-order valence-corrected chi connectivity index (χ0v) is 13.2. The van der Waals surface area contributed by atoms with E-state index >= 15 is 0 Å². The molecule has 4 heteroatoms. The van der Waals surface area contributed by atoms with Gasteiger partial charge in [-0.3, -0.25) is 4.79 Å². The summed E-state index contributed by atoms with van der Waals surface area (Å²) in [6.45, 7) is 6.47. The van der Waals surface area contributed by atoms with Crippen molar-refractivity contribution >= 4 is 5.91 Å². The molecule has 0 bridgehead atoms. The Morgan fingerprint density at radius 3 is 2.30 bits per heavy atom. The summed E-state index contributed by atoms with van der Waals surface area (Å²) in [7, 11) is 3.50. The SMILES string of the molecule is Cc1cc(CC(C)N)cc(C)c1OCCC(=O)N(C)C. The lowest BCUT2D eigenvalue weighted by Gasteiger charge is -2.16. The topological polar surface area (TPSA) is 55.6 Å². The van der Waals surface area contributed by atoms with Crippen LogP contribution in [-0.2, 0) is 11.2 Å². The summed E-state index contributed by atoms with van der Waals surface area (Å²) in [4.78, 5) is 13.1. The number of carbonyl (C=O) groups excluding carboxylic acids is 1.